The topological polar surface area (TPSA) is 69.6 Å². The van der Waals surface area contributed by atoms with E-state index < -0.39 is 6.10 Å². The van der Waals surface area contributed by atoms with E-state index >= 15 is 0 Å². The molecule has 1 aromatic rings. The van der Waals surface area contributed by atoms with Gasteiger partial charge in [-0.25, -0.2) is 0 Å². The van der Waals surface area contributed by atoms with Crippen molar-refractivity contribution >= 4 is 28.5 Å². The number of hydrogen-bond acceptors (Lipinski definition) is 3. The molecular formula is C10H12INO3. The molecule has 0 fully saturated rings. The summed E-state index contributed by atoms with van der Waals surface area (Å²) < 4.78 is 0.868. The van der Waals surface area contributed by atoms with Crippen molar-refractivity contribution in [3.8, 4) is 5.75 Å². The molecule has 0 saturated carbocycles. The number of carbonyl (C=O) groups excluding carboxylic acids is 1. The second-order valence-electron chi connectivity index (χ2n) is 3.22. The maximum absolute atomic E-state index is 11.5. The number of benzene rings is 1. The normalized spacial score (nSPS) is 12.2. The molecule has 0 radical (unpaired) electrons. The molecular weight excluding hydrogens is 309 g/mol. The highest BCUT2D eigenvalue weighted by Crippen LogP contribution is 2.19. The van der Waals surface area contributed by atoms with Gasteiger partial charge in [0, 0.05) is 10.1 Å². The lowest BCUT2D eigenvalue weighted by Crippen LogP contribution is -2.30. The fraction of sp³-hybridized carbons (Fsp3) is 0.300. The fourth-order valence-corrected chi connectivity index (χ4v) is 1.52. The summed E-state index contributed by atoms with van der Waals surface area (Å²) in [6, 6.07) is 4.77. The molecule has 0 saturated heterocycles. The van der Waals surface area contributed by atoms with Crippen LogP contribution in [0.2, 0.25) is 0 Å². The highest BCUT2D eigenvalue weighted by atomic mass is 127. The Morgan fingerprint density at radius 1 is 1.60 bits per heavy atom. The minimum atomic E-state index is -0.598. The van der Waals surface area contributed by atoms with Gasteiger partial charge in [0.25, 0.3) is 5.91 Å². The summed E-state index contributed by atoms with van der Waals surface area (Å²) in [5, 5.41) is 21.0. The molecule has 0 aromatic heterocycles. The van der Waals surface area contributed by atoms with Gasteiger partial charge in [-0.2, -0.15) is 0 Å². The maximum atomic E-state index is 11.5. The van der Waals surface area contributed by atoms with E-state index in [0.29, 0.717) is 0 Å². The van der Waals surface area contributed by atoms with Crippen molar-refractivity contribution in [2.75, 3.05) is 6.54 Å². The molecule has 4 nitrogen and oxygen atoms in total. The van der Waals surface area contributed by atoms with Crippen molar-refractivity contribution in [2.24, 2.45) is 0 Å². The molecule has 1 rings (SSSR count). The summed E-state index contributed by atoms with van der Waals surface area (Å²) in [5.74, 6) is -0.439. The zero-order valence-electron chi connectivity index (χ0n) is 8.20. The number of aliphatic hydroxyl groups excluding tert-OH is 1. The molecule has 0 aliphatic rings. The van der Waals surface area contributed by atoms with E-state index in [2.05, 4.69) is 27.9 Å². The summed E-state index contributed by atoms with van der Waals surface area (Å²) in [5.41, 5.74) is 0.225. The lowest BCUT2D eigenvalue weighted by molar-refractivity contribution is 0.0921. The van der Waals surface area contributed by atoms with Crippen LogP contribution in [0.25, 0.3) is 0 Å². The minimum absolute atomic E-state index is 0.0569. The van der Waals surface area contributed by atoms with Gasteiger partial charge < -0.3 is 15.5 Å². The lowest BCUT2D eigenvalue weighted by atomic mass is 10.2. The Morgan fingerprint density at radius 3 is 2.87 bits per heavy atom. The number of amides is 1. The van der Waals surface area contributed by atoms with E-state index in [0.717, 1.165) is 3.57 Å². The van der Waals surface area contributed by atoms with Crippen LogP contribution in [0.3, 0.4) is 0 Å². The SMILES string of the molecule is C[C@H](O)CNC(=O)c1cc(I)ccc1O. The molecule has 1 atom stereocenters. The van der Waals surface area contributed by atoms with Crippen molar-refractivity contribution in [1.29, 1.82) is 0 Å². The third kappa shape index (κ3) is 3.67. The van der Waals surface area contributed by atoms with E-state index in [1.165, 1.54) is 6.07 Å². The second kappa shape index (κ2) is 5.32. The van der Waals surface area contributed by atoms with E-state index in [9.17, 15) is 9.90 Å². The van der Waals surface area contributed by atoms with Crippen LogP contribution in [0.5, 0.6) is 5.75 Å². The Bertz CT molecular complexity index is 366. The molecule has 1 aromatic carbocycles. The molecule has 0 aliphatic carbocycles. The molecule has 15 heavy (non-hydrogen) atoms. The average Bonchev–Trinajstić information content (AvgIpc) is 2.18. The zero-order valence-corrected chi connectivity index (χ0v) is 10.4. The van der Waals surface area contributed by atoms with Crippen molar-refractivity contribution in [3.63, 3.8) is 0 Å². The number of halogens is 1. The Morgan fingerprint density at radius 2 is 2.27 bits per heavy atom. The van der Waals surface area contributed by atoms with E-state index in [1.807, 2.05) is 0 Å². The van der Waals surface area contributed by atoms with Crippen molar-refractivity contribution < 1.29 is 15.0 Å². The largest absolute Gasteiger partial charge is 0.507 e. The summed E-state index contributed by atoms with van der Waals surface area (Å²) in [7, 11) is 0. The van der Waals surface area contributed by atoms with Gasteiger partial charge >= 0.3 is 0 Å². The predicted octanol–water partition coefficient (Wildman–Crippen LogP) is 1.11. The highest BCUT2D eigenvalue weighted by Gasteiger charge is 2.11. The molecule has 0 heterocycles. The molecule has 0 bridgehead atoms. The number of aromatic hydroxyl groups is 1. The molecule has 3 N–H and O–H groups in total. The third-order valence-corrected chi connectivity index (χ3v) is 2.43. The number of phenols is 1. The van der Waals surface area contributed by atoms with E-state index in [4.69, 9.17) is 5.11 Å². The first-order chi connectivity index (χ1) is 7.00. The second-order valence-corrected chi connectivity index (χ2v) is 4.47. The summed E-state index contributed by atoms with van der Waals surface area (Å²) in [6.07, 6.45) is -0.598. The van der Waals surface area contributed by atoms with Crippen LogP contribution in [0, 0.1) is 3.57 Å². The smallest absolute Gasteiger partial charge is 0.255 e. The zero-order chi connectivity index (χ0) is 11.4. The van der Waals surface area contributed by atoms with Crippen LogP contribution in [0.1, 0.15) is 17.3 Å². The molecule has 0 spiro atoms. The Hall–Kier alpha value is -0.820. The van der Waals surface area contributed by atoms with Gasteiger partial charge in [-0.1, -0.05) is 0 Å². The van der Waals surface area contributed by atoms with Crippen LogP contribution in [0.4, 0.5) is 0 Å². The first-order valence-corrected chi connectivity index (χ1v) is 5.53. The van der Waals surface area contributed by atoms with Gasteiger partial charge in [-0.15, -0.1) is 0 Å². The maximum Gasteiger partial charge on any atom is 0.255 e. The van der Waals surface area contributed by atoms with Crippen LogP contribution >= 0.6 is 22.6 Å². The number of phenolic OH excluding ortho intramolecular Hbond substituents is 1. The highest BCUT2D eigenvalue weighted by molar-refractivity contribution is 14.1. The summed E-state index contributed by atoms with van der Waals surface area (Å²) >= 11 is 2.06. The van der Waals surface area contributed by atoms with Crippen LogP contribution in [0.15, 0.2) is 18.2 Å². The molecule has 0 aliphatic heterocycles. The van der Waals surface area contributed by atoms with Gasteiger partial charge in [0.2, 0.25) is 0 Å². The Labute approximate surface area is 101 Å². The molecule has 1 amide bonds. The van der Waals surface area contributed by atoms with Crippen LogP contribution in [-0.2, 0) is 0 Å². The minimum Gasteiger partial charge on any atom is -0.507 e. The van der Waals surface area contributed by atoms with Crippen molar-refractivity contribution in [2.45, 2.75) is 13.0 Å². The number of hydrogen-bond donors (Lipinski definition) is 3. The average molecular weight is 321 g/mol. The van der Waals surface area contributed by atoms with E-state index in [-0.39, 0.29) is 23.8 Å². The molecule has 82 valence electrons. The fourth-order valence-electron chi connectivity index (χ4n) is 1.03. The third-order valence-electron chi connectivity index (χ3n) is 1.76. The quantitative estimate of drug-likeness (QED) is 0.731. The summed E-state index contributed by atoms with van der Waals surface area (Å²) in [4.78, 5) is 11.5. The number of rotatable bonds is 3. The van der Waals surface area contributed by atoms with Gasteiger partial charge in [-0.3, -0.25) is 4.79 Å². The van der Waals surface area contributed by atoms with E-state index in [1.54, 1.807) is 19.1 Å². The Balaban J connectivity index is 2.77. The van der Waals surface area contributed by atoms with Crippen molar-refractivity contribution in [3.05, 3.63) is 27.3 Å². The van der Waals surface area contributed by atoms with Gasteiger partial charge in [0.15, 0.2) is 0 Å². The lowest BCUT2D eigenvalue weighted by Gasteiger charge is -2.08. The first-order valence-electron chi connectivity index (χ1n) is 4.45. The molecule has 0 unspecified atom stereocenters. The van der Waals surface area contributed by atoms with Gasteiger partial charge in [0.1, 0.15) is 5.75 Å². The number of aliphatic hydroxyl groups is 1. The van der Waals surface area contributed by atoms with Crippen LogP contribution in [-0.4, -0.2) is 28.8 Å². The monoisotopic (exact) mass is 321 g/mol. The number of nitrogens with one attached hydrogen (secondary N) is 1. The van der Waals surface area contributed by atoms with Gasteiger partial charge in [-0.05, 0) is 47.7 Å². The summed E-state index contributed by atoms with van der Waals surface area (Å²) in [6.45, 7) is 1.75. The molecule has 5 heteroatoms. The van der Waals surface area contributed by atoms with Crippen molar-refractivity contribution in [1.82, 2.24) is 5.32 Å². The Kier molecular flexibility index (Phi) is 4.34. The predicted molar refractivity (Wildman–Crippen MR) is 64.8 cm³/mol. The number of carbonyl (C=O) groups is 1. The first kappa shape index (κ1) is 12.3. The van der Waals surface area contributed by atoms with Gasteiger partial charge in [0.05, 0.1) is 11.7 Å². The standard InChI is InChI=1S/C10H12INO3/c1-6(13)5-12-10(15)8-4-7(11)2-3-9(8)14/h2-4,6,13-14H,5H2,1H3,(H,12,15)/t6-/m0/s1. The van der Waals surface area contributed by atoms with Crippen LogP contribution < -0.4 is 5.32 Å².